The number of fused-ring (bicyclic) bond motifs is 2. The number of nitrogens with zero attached hydrogens (tertiary/aromatic N) is 3. The topological polar surface area (TPSA) is 88.1 Å². The molecule has 3 aromatic rings. The molecule has 9 nitrogen and oxygen atoms in total. The number of hydrogen-bond acceptors (Lipinski definition) is 7. The summed E-state index contributed by atoms with van der Waals surface area (Å²) >= 11 is 0. The van der Waals surface area contributed by atoms with Crippen molar-refractivity contribution in [1.82, 2.24) is 19.7 Å². The summed E-state index contributed by atoms with van der Waals surface area (Å²) in [6.07, 6.45) is 3.89. The zero-order valence-corrected chi connectivity index (χ0v) is 21.3. The molecule has 6 rings (SSSR count). The highest BCUT2D eigenvalue weighted by molar-refractivity contribution is 6.01. The lowest BCUT2D eigenvalue weighted by Gasteiger charge is -2.28. The van der Waals surface area contributed by atoms with E-state index in [1.807, 2.05) is 18.2 Å². The van der Waals surface area contributed by atoms with Crippen molar-refractivity contribution < 1.29 is 18.7 Å². The molecule has 0 unspecified atom stereocenters. The van der Waals surface area contributed by atoms with Gasteiger partial charge in [-0.05, 0) is 44.1 Å². The smallest absolute Gasteiger partial charge is 0.256 e. The quantitative estimate of drug-likeness (QED) is 0.369. The normalized spacial score (nSPS) is 17.3. The Morgan fingerprint density at radius 2 is 1.74 bits per heavy atom. The number of carbonyl (C=O) groups is 1. The van der Waals surface area contributed by atoms with E-state index in [2.05, 4.69) is 20.4 Å². The van der Waals surface area contributed by atoms with Crippen LogP contribution < -0.4 is 20.8 Å². The van der Waals surface area contributed by atoms with Gasteiger partial charge in [0, 0.05) is 45.5 Å². The highest BCUT2D eigenvalue weighted by Gasteiger charge is 2.28. The molecular formula is C28H32FN5O4. The number of ether oxygens (including phenoxy) is 2. The Morgan fingerprint density at radius 1 is 1.00 bits per heavy atom. The third-order valence-corrected chi connectivity index (χ3v) is 7.52. The van der Waals surface area contributed by atoms with E-state index in [1.54, 1.807) is 16.8 Å². The number of hydrogen-bond donors (Lipinski definition) is 2. The van der Waals surface area contributed by atoms with Gasteiger partial charge in [0.15, 0.2) is 17.3 Å². The number of nitrogens with one attached hydrogen (secondary N) is 2. The summed E-state index contributed by atoms with van der Waals surface area (Å²) in [5.74, 6) is -0.284. The minimum Gasteiger partial charge on any atom is -0.451 e. The third-order valence-electron chi connectivity index (χ3n) is 7.52. The molecule has 0 saturated carbocycles. The molecule has 0 bridgehead atoms. The summed E-state index contributed by atoms with van der Waals surface area (Å²) in [6.45, 7) is 7.51. The van der Waals surface area contributed by atoms with Gasteiger partial charge in [0.25, 0.3) is 5.91 Å². The fraction of sp³-hybridized carbons (Fsp3) is 0.429. The SMILES string of the molecule is O=C(NCCN1CCCC1)c1cn2c3c(c(NCCN4CCOCC4)c(F)cc3c1=O)Oc1ccccc1-2. The van der Waals surface area contributed by atoms with Crippen molar-refractivity contribution in [1.29, 1.82) is 0 Å². The first-order valence-electron chi connectivity index (χ1n) is 13.3. The Kier molecular flexibility index (Phi) is 7.01. The number of likely N-dealkylation sites (tertiary alicyclic amines) is 1. The second kappa shape index (κ2) is 10.7. The summed E-state index contributed by atoms with van der Waals surface area (Å²) in [5, 5.41) is 6.18. The summed E-state index contributed by atoms with van der Waals surface area (Å²) in [4.78, 5) is 31.1. The highest BCUT2D eigenvalue weighted by atomic mass is 19.1. The molecule has 0 radical (unpaired) electrons. The Morgan fingerprint density at radius 3 is 2.55 bits per heavy atom. The van der Waals surface area contributed by atoms with E-state index in [9.17, 15) is 9.59 Å². The van der Waals surface area contributed by atoms with Gasteiger partial charge >= 0.3 is 0 Å². The lowest BCUT2D eigenvalue weighted by Crippen LogP contribution is -2.39. The third kappa shape index (κ3) is 4.75. The van der Waals surface area contributed by atoms with E-state index in [0.717, 1.165) is 39.3 Å². The predicted molar refractivity (Wildman–Crippen MR) is 143 cm³/mol. The van der Waals surface area contributed by atoms with E-state index in [0.29, 0.717) is 43.3 Å². The number of rotatable bonds is 8. The molecule has 38 heavy (non-hydrogen) atoms. The van der Waals surface area contributed by atoms with Gasteiger partial charge < -0.3 is 29.6 Å². The average Bonchev–Trinajstić information content (AvgIpc) is 3.45. The van der Waals surface area contributed by atoms with Crippen LogP contribution >= 0.6 is 0 Å². The van der Waals surface area contributed by atoms with Crippen molar-refractivity contribution >= 4 is 22.5 Å². The molecule has 1 aromatic heterocycles. The fourth-order valence-corrected chi connectivity index (χ4v) is 5.49. The van der Waals surface area contributed by atoms with Gasteiger partial charge in [0.05, 0.1) is 24.3 Å². The van der Waals surface area contributed by atoms with Crippen LogP contribution in [0.4, 0.5) is 10.1 Å². The zero-order chi connectivity index (χ0) is 26.1. The molecule has 2 N–H and O–H groups in total. The van der Waals surface area contributed by atoms with Crippen LogP contribution in [0.1, 0.15) is 23.2 Å². The molecular weight excluding hydrogens is 489 g/mol. The minimum absolute atomic E-state index is 0.0194. The summed E-state index contributed by atoms with van der Waals surface area (Å²) in [5.41, 5.74) is 0.794. The largest absolute Gasteiger partial charge is 0.451 e. The standard InChI is InChI=1S/C28H32FN5O4/c29-21-17-19-25-27(24(21)30-7-11-33-13-15-37-16-14-33)38-23-6-2-1-5-22(23)34(25)18-20(26(19)35)28(36)31-8-12-32-9-3-4-10-32/h1-2,5-6,17-18,30H,3-4,7-16H2,(H,31,36). The molecule has 3 aliphatic heterocycles. The summed E-state index contributed by atoms with van der Waals surface area (Å²) < 4.78 is 28.9. The maximum absolute atomic E-state index is 15.5. The second-order valence-electron chi connectivity index (χ2n) is 9.96. The van der Waals surface area contributed by atoms with Crippen molar-refractivity contribution in [3.63, 3.8) is 0 Å². The van der Waals surface area contributed by atoms with Crippen LogP contribution in [0, 0.1) is 5.82 Å². The van der Waals surface area contributed by atoms with Crippen molar-refractivity contribution in [3.8, 4) is 17.2 Å². The van der Waals surface area contributed by atoms with E-state index in [4.69, 9.17) is 9.47 Å². The highest BCUT2D eigenvalue weighted by Crippen LogP contribution is 2.44. The number of morpholine rings is 1. The number of anilines is 1. The van der Waals surface area contributed by atoms with Crippen molar-refractivity contribution in [2.45, 2.75) is 12.8 Å². The van der Waals surface area contributed by atoms with Crippen LogP contribution in [0.3, 0.4) is 0 Å². The number of aromatic nitrogens is 1. The monoisotopic (exact) mass is 521 g/mol. The molecule has 10 heteroatoms. The molecule has 0 spiro atoms. The van der Waals surface area contributed by atoms with Crippen LogP contribution in [0.2, 0.25) is 0 Å². The number of carbonyl (C=O) groups excluding carboxylic acids is 1. The molecule has 2 fully saturated rings. The molecule has 2 saturated heterocycles. The van der Waals surface area contributed by atoms with Gasteiger partial charge in [-0.3, -0.25) is 14.5 Å². The molecule has 0 aliphatic carbocycles. The van der Waals surface area contributed by atoms with Crippen LogP contribution in [0.25, 0.3) is 16.6 Å². The molecule has 0 atom stereocenters. The fourth-order valence-electron chi connectivity index (χ4n) is 5.49. The minimum atomic E-state index is -0.593. The Hall–Kier alpha value is -3.47. The van der Waals surface area contributed by atoms with Crippen molar-refractivity contribution in [2.24, 2.45) is 0 Å². The number of pyridine rings is 1. The molecule has 4 heterocycles. The molecule has 2 aromatic carbocycles. The summed E-state index contributed by atoms with van der Waals surface area (Å²) in [7, 11) is 0. The van der Waals surface area contributed by atoms with Crippen LogP contribution in [-0.4, -0.2) is 85.8 Å². The zero-order valence-electron chi connectivity index (χ0n) is 21.3. The number of benzene rings is 2. The van der Waals surface area contributed by atoms with Crippen LogP contribution in [-0.2, 0) is 4.74 Å². The Balaban J connectivity index is 1.34. The molecule has 3 aliphatic rings. The first-order valence-corrected chi connectivity index (χ1v) is 13.3. The van der Waals surface area contributed by atoms with Gasteiger partial charge in [-0.15, -0.1) is 0 Å². The van der Waals surface area contributed by atoms with Gasteiger partial charge in [-0.25, -0.2) is 4.39 Å². The summed E-state index contributed by atoms with van der Waals surface area (Å²) in [6, 6.07) is 8.55. The lowest BCUT2D eigenvalue weighted by atomic mass is 10.1. The van der Waals surface area contributed by atoms with Crippen LogP contribution in [0.5, 0.6) is 11.5 Å². The predicted octanol–water partition coefficient (Wildman–Crippen LogP) is 2.81. The maximum Gasteiger partial charge on any atom is 0.256 e. The number of halogens is 1. The van der Waals surface area contributed by atoms with Gasteiger partial charge in [-0.2, -0.15) is 0 Å². The van der Waals surface area contributed by atoms with E-state index in [-0.39, 0.29) is 22.4 Å². The second-order valence-corrected chi connectivity index (χ2v) is 9.96. The van der Waals surface area contributed by atoms with E-state index >= 15 is 4.39 Å². The number of amides is 1. The van der Waals surface area contributed by atoms with Crippen molar-refractivity contribution in [2.75, 3.05) is 70.9 Å². The number of para-hydroxylation sites is 2. The van der Waals surface area contributed by atoms with Crippen LogP contribution in [0.15, 0.2) is 41.3 Å². The maximum atomic E-state index is 15.5. The molecule has 200 valence electrons. The van der Waals surface area contributed by atoms with Gasteiger partial charge in [-0.1, -0.05) is 12.1 Å². The Labute approximate surface area is 220 Å². The lowest BCUT2D eigenvalue weighted by molar-refractivity contribution is 0.0398. The van der Waals surface area contributed by atoms with E-state index < -0.39 is 17.2 Å². The molecule has 1 amide bonds. The van der Waals surface area contributed by atoms with Crippen molar-refractivity contribution in [3.05, 3.63) is 58.1 Å². The Bertz CT molecular complexity index is 1410. The average molecular weight is 522 g/mol. The van der Waals surface area contributed by atoms with E-state index in [1.165, 1.54) is 18.9 Å². The first kappa shape index (κ1) is 24.8. The van der Waals surface area contributed by atoms with Gasteiger partial charge in [0.1, 0.15) is 16.8 Å². The van der Waals surface area contributed by atoms with Gasteiger partial charge in [0.2, 0.25) is 5.43 Å². The first-order chi connectivity index (χ1) is 18.6.